The molecule has 0 aromatic rings. The first-order chi connectivity index (χ1) is 3.81. The highest BCUT2D eigenvalue weighted by molar-refractivity contribution is 6.58. The van der Waals surface area contributed by atoms with E-state index >= 15 is 0 Å². The Kier molecular flexibility index (Phi) is 4.66. The minimum atomic E-state index is -0.438. The van der Waals surface area contributed by atoms with Gasteiger partial charge in [0.15, 0.2) is 0 Å². The lowest BCUT2D eigenvalue weighted by molar-refractivity contribution is 1.53. The fourth-order valence-electron chi connectivity index (χ4n) is 0.665. The molecule has 0 atom stereocenters. The van der Waals surface area contributed by atoms with Crippen molar-refractivity contribution in [1.82, 2.24) is 0 Å². The molecule has 0 saturated carbocycles. The molecule has 0 aliphatic heterocycles. The highest BCUT2D eigenvalue weighted by Crippen LogP contribution is 1.98. The zero-order valence-electron chi connectivity index (χ0n) is 5.56. The number of hydrogen-bond acceptors (Lipinski definition) is 0. The average molecular weight is 126 g/mol. The van der Waals surface area contributed by atoms with Gasteiger partial charge in [-0.1, -0.05) is 18.7 Å². The summed E-state index contributed by atoms with van der Waals surface area (Å²) in [6.07, 6.45) is 4.03. The summed E-state index contributed by atoms with van der Waals surface area (Å²) in [6, 6.07) is 2.48. The molecule has 0 aromatic heterocycles. The van der Waals surface area contributed by atoms with E-state index in [1.165, 1.54) is 12.1 Å². The molecule has 0 aliphatic carbocycles. The highest BCUT2D eigenvalue weighted by atomic mass is 28.3. The molecule has 1 heteroatoms. The van der Waals surface area contributed by atoms with Gasteiger partial charge in [-0.25, -0.2) is 0 Å². The van der Waals surface area contributed by atoms with Crippen LogP contribution in [0.1, 0.15) is 0 Å². The predicted molar refractivity (Wildman–Crippen MR) is 43.0 cm³/mol. The second-order valence-electron chi connectivity index (χ2n) is 2.15. The van der Waals surface area contributed by atoms with E-state index in [0.29, 0.717) is 0 Å². The van der Waals surface area contributed by atoms with Crippen LogP contribution in [0.3, 0.4) is 0 Å². The normalized spacial score (nSPS) is 9.25. The molecule has 0 aromatic carbocycles. The van der Waals surface area contributed by atoms with E-state index in [-0.39, 0.29) is 0 Å². The van der Waals surface area contributed by atoms with Crippen molar-refractivity contribution in [1.29, 1.82) is 0 Å². The molecule has 46 valence electrons. The third-order valence-electron chi connectivity index (χ3n) is 1.14. The first kappa shape index (κ1) is 7.70. The summed E-state index contributed by atoms with van der Waals surface area (Å²) in [4.78, 5) is 0. The largest absolute Gasteiger partial charge is 0.103 e. The van der Waals surface area contributed by atoms with Crippen molar-refractivity contribution in [2.75, 3.05) is 0 Å². The maximum atomic E-state index is 3.68. The van der Waals surface area contributed by atoms with Gasteiger partial charge in [-0.3, -0.25) is 0 Å². The maximum absolute atomic E-state index is 3.68. The van der Waals surface area contributed by atoms with Gasteiger partial charge in [0.25, 0.3) is 0 Å². The Morgan fingerprint density at radius 1 is 1.25 bits per heavy atom. The minimum Gasteiger partial charge on any atom is -0.103 e. The summed E-state index contributed by atoms with van der Waals surface area (Å²) in [5.41, 5.74) is 0. The molecule has 0 saturated heterocycles. The van der Waals surface area contributed by atoms with Gasteiger partial charge >= 0.3 is 0 Å². The second-order valence-corrected chi connectivity index (χ2v) is 5.31. The molecule has 8 heavy (non-hydrogen) atoms. The molecule has 0 radical (unpaired) electrons. The van der Waals surface area contributed by atoms with Gasteiger partial charge in [0.2, 0.25) is 0 Å². The zero-order chi connectivity index (χ0) is 6.41. The molecule has 0 N–H and O–H groups in total. The Balaban J connectivity index is 3.16. The molecule has 0 rings (SSSR count). The lowest BCUT2D eigenvalue weighted by Gasteiger charge is -1.98. The van der Waals surface area contributed by atoms with Gasteiger partial charge < -0.3 is 0 Å². The summed E-state index contributed by atoms with van der Waals surface area (Å²) in [5.74, 6) is 0. The SMILES string of the molecule is C=CC[SiH](C)CC=C. The van der Waals surface area contributed by atoms with E-state index in [2.05, 4.69) is 19.7 Å². The minimum absolute atomic E-state index is 0.438. The summed E-state index contributed by atoms with van der Waals surface area (Å²) in [7, 11) is -0.438. The summed E-state index contributed by atoms with van der Waals surface area (Å²) >= 11 is 0. The van der Waals surface area contributed by atoms with Crippen molar-refractivity contribution < 1.29 is 0 Å². The summed E-state index contributed by atoms with van der Waals surface area (Å²) in [5, 5.41) is 0. The Hall–Kier alpha value is -0.303. The zero-order valence-corrected chi connectivity index (χ0v) is 6.72. The third-order valence-corrected chi connectivity index (χ3v) is 3.41. The van der Waals surface area contributed by atoms with E-state index in [0.717, 1.165) is 0 Å². The maximum Gasteiger partial charge on any atom is 0.0412 e. The third kappa shape index (κ3) is 3.87. The Morgan fingerprint density at radius 2 is 1.62 bits per heavy atom. The van der Waals surface area contributed by atoms with E-state index in [9.17, 15) is 0 Å². The van der Waals surface area contributed by atoms with Crippen molar-refractivity contribution >= 4 is 8.80 Å². The second kappa shape index (κ2) is 4.85. The quantitative estimate of drug-likeness (QED) is 0.400. The van der Waals surface area contributed by atoms with Crippen molar-refractivity contribution in [2.24, 2.45) is 0 Å². The highest BCUT2D eigenvalue weighted by Gasteiger charge is 1.94. The van der Waals surface area contributed by atoms with Crippen LogP contribution in [0.2, 0.25) is 18.6 Å². The molecule has 0 aliphatic rings. The van der Waals surface area contributed by atoms with Crippen LogP contribution in [-0.4, -0.2) is 8.80 Å². The van der Waals surface area contributed by atoms with Crippen LogP contribution in [0.15, 0.2) is 25.3 Å². The topological polar surface area (TPSA) is 0 Å². The van der Waals surface area contributed by atoms with Gasteiger partial charge in [-0.2, -0.15) is 0 Å². The predicted octanol–water partition coefficient (Wildman–Crippen LogP) is 2.22. The summed E-state index contributed by atoms with van der Waals surface area (Å²) in [6.45, 7) is 9.70. The van der Waals surface area contributed by atoms with E-state index in [4.69, 9.17) is 0 Å². The monoisotopic (exact) mass is 126 g/mol. The molecular weight excluding hydrogens is 112 g/mol. The van der Waals surface area contributed by atoms with Crippen molar-refractivity contribution in [3.63, 3.8) is 0 Å². The molecular formula is C7H14Si. The number of hydrogen-bond donors (Lipinski definition) is 0. The summed E-state index contributed by atoms with van der Waals surface area (Å²) < 4.78 is 0. The number of rotatable bonds is 4. The Morgan fingerprint density at radius 3 is 1.88 bits per heavy atom. The fraction of sp³-hybridized carbons (Fsp3) is 0.429. The Bertz CT molecular complexity index is 66.5. The van der Waals surface area contributed by atoms with Gasteiger partial charge in [-0.15, -0.1) is 13.2 Å². The van der Waals surface area contributed by atoms with Crippen LogP contribution in [0.4, 0.5) is 0 Å². The van der Waals surface area contributed by atoms with Crippen molar-refractivity contribution in [3.8, 4) is 0 Å². The molecule has 0 heterocycles. The van der Waals surface area contributed by atoms with Crippen LogP contribution in [0.25, 0.3) is 0 Å². The van der Waals surface area contributed by atoms with Gasteiger partial charge in [-0.05, 0) is 12.1 Å². The molecule has 0 spiro atoms. The van der Waals surface area contributed by atoms with Crippen molar-refractivity contribution in [2.45, 2.75) is 18.6 Å². The van der Waals surface area contributed by atoms with E-state index in [1.54, 1.807) is 0 Å². The van der Waals surface area contributed by atoms with E-state index in [1.807, 2.05) is 12.2 Å². The smallest absolute Gasteiger partial charge is 0.0412 e. The van der Waals surface area contributed by atoms with E-state index < -0.39 is 8.80 Å². The van der Waals surface area contributed by atoms with Crippen LogP contribution < -0.4 is 0 Å². The Labute approximate surface area is 53.5 Å². The van der Waals surface area contributed by atoms with Crippen LogP contribution in [-0.2, 0) is 0 Å². The molecule has 0 unspecified atom stereocenters. The van der Waals surface area contributed by atoms with Gasteiger partial charge in [0, 0.05) is 8.80 Å². The molecule has 0 fully saturated rings. The van der Waals surface area contributed by atoms with Crippen LogP contribution >= 0.6 is 0 Å². The molecule has 0 nitrogen and oxygen atoms in total. The first-order valence-electron chi connectivity index (χ1n) is 3.03. The molecule has 0 bridgehead atoms. The standard InChI is InChI=1S/C7H14Si/c1-4-6-8(3)7-5-2/h4-5,8H,1-2,6-7H2,3H3. The van der Waals surface area contributed by atoms with Crippen LogP contribution in [0.5, 0.6) is 0 Å². The number of allylic oxidation sites excluding steroid dienone is 2. The van der Waals surface area contributed by atoms with Gasteiger partial charge in [0.05, 0.1) is 0 Å². The molecule has 0 amide bonds. The lowest BCUT2D eigenvalue weighted by Crippen LogP contribution is -2.00. The van der Waals surface area contributed by atoms with Crippen molar-refractivity contribution in [3.05, 3.63) is 25.3 Å². The average Bonchev–Trinajstić information content (AvgIpc) is 1.68. The lowest BCUT2D eigenvalue weighted by atomic mass is 10.7. The first-order valence-corrected chi connectivity index (χ1v) is 5.81. The van der Waals surface area contributed by atoms with Gasteiger partial charge in [0.1, 0.15) is 0 Å². The fourth-order valence-corrected chi connectivity index (χ4v) is 2.00. The van der Waals surface area contributed by atoms with Crippen LogP contribution in [0, 0.1) is 0 Å².